The standard InChI is InChI=1S/2C10H20B2O4/c2*1-9(2)5-13-11(14-6-9)12-15-7-10(3,4)8-16-12/h2*5-8H2,1-4H3. The van der Waals surface area contributed by atoms with Gasteiger partial charge < -0.3 is 37.2 Å². The molecule has 4 aliphatic rings. The van der Waals surface area contributed by atoms with Gasteiger partial charge in [0.15, 0.2) is 0 Å². The lowest BCUT2D eigenvalue weighted by atomic mass is 9.47. The summed E-state index contributed by atoms with van der Waals surface area (Å²) in [6.45, 7) is 22.4. The summed E-state index contributed by atoms with van der Waals surface area (Å²) in [4.78, 5) is 0. The second kappa shape index (κ2) is 10.3. The first kappa shape index (κ1) is 26.5. The fraction of sp³-hybridized carbons (Fsp3) is 1.00. The summed E-state index contributed by atoms with van der Waals surface area (Å²) in [6, 6.07) is 0. The second-order valence-corrected chi connectivity index (χ2v) is 12.6. The van der Waals surface area contributed by atoms with Crippen molar-refractivity contribution in [1.29, 1.82) is 0 Å². The van der Waals surface area contributed by atoms with E-state index in [1.807, 2.05) is 0 Å². The van der Waals surface area contributed by atoms with Crippen molar-refractivity contribution in [2.24, 2.45) is 21.7 Å². The molecule has 4 rings (SSSR count). The van der Waals surface area contributed by atoms with Crippen LogP contribution in [0, 0.1) is 21.7 Å². The predicted octanol–water partition coefficient (Wildman–Crippen LogP) is 2.37. The molecule has 4 heterocycles. The van der Waals surface area contributed by atoms with Crippen LogP contribution in [-0.4, -0.2) is 80.9 Å². The van der Waals surface area contributed by atoms with Gasteiger partial charge in [-0.05, 0) is 0 Å². The van der Waals surface area contributed by atoms with Gasteiger partial charge in [-0.1, -0.05) is 55.4 Å². The van der Waals surface area contributed by atoms with Crippen LogP contribution in [0.15, 0.2) is 0 Å². The van der Waals surface area contributed by atoms with E-state index in [2.05, 4.69) is 55.4 Å². The first-order valence-corrected chi connectivity index (χ1v) is 11.7. The van der Waals surface area contributed by atoms with E-state index in [1.54, 1.807) is 0 Å². The molecule has 32 heavy (non-hydrogen) atoms. The molecule has 0 aromatic heterocycles. The summed E-state index contributed by atoms with van der Waals surface area (Å²) in [5.74, 6) is 0. The first-order chi connectivity index (χ1) is 14.8. The van der Waals surface area contributed by atoms with E-state index < -0.39 is 0 Å². The van der Waals surface area contributed by atoms with Crippen LogP contribution in [0.2, 0.25) is 0 Å². The maximum Gasteiger partial charge on any atom is 0.488 e. The lowest BCUT2D eigenvalue weighted by molar-refractivity contribution is 0.00624. The van der Waals surface area contributed by atoms with Crippen molar-refractivity contribution in [1.82, 2.24) is 0 Å². The fourth-order valence-electron chi connectivity index (χ4n) is 3.45. The zero-order valence-electron chi connectivity index (χ0n) is 21.2. The second-order valence-electron chi connectivity index (χ2n) is 12.6. The van der Waals surface area contributed by atoms with Gasteiger partial charge in [-0.25, -0.2) is 0 Å². The van der Waals surface area contributed by atoms with E-state index in [1.165, 1.54) is 0 Å². The van der Waals surface area contributed by atoms with Crippen molar-refractivity contribution in [2.45, 2.75) is 55.4 Å². The predicted molar refractivity (Wildman–Crippen MR) is 126 cm³/mol. The van der Waals surface area contributed by atoms with Crippen molar-refractivity contribution >= 4 is 28.0 Å². The molecule has 0 amide bonds. The quantitative estimate of drug-likeness (QED) is 0.593. The van der Waals surface area contributed by atoms with Gasteiger partial charge in [-0.2, -0.15) is 0 Å². The summed E-state index contributed by atoms with van der Waals surface area (Å²) in [5, 5.41) is 0. The van der Waals surface area contributed by atoms with Crippen LogP contribution >= 0.6 is 0 Å². The van der Waals surface area contributed by atoms with Gasteiger partial charge in [-0.3, -0.25) is 0 Å². The molecule has 180 valence electrons. The lowest BCUT2D eigenvalue weighted by Crippen LogP contribution is -2.56. The van der Waals surface area contributed by atoms with E-state index >= 15 is 0 Å². The highest BCUT2D eigenvalue weighted by Gasteiger charge is 2.48. The minimum Gasteiger partial charge on any atom is -0.413 e. The Bertz CT molecular complexity index is 474. The van der Waals surface area contributed by atoms with E-state index in [4.69, 9.17) is 37.2 Å². The highest BCUT2D eigenvalue weighted by atomic mass is 16.7. The molecule has 8 nitrogen and oxygen atoms in total. The third kappa shape index (κ3) is 8.01. The van der Waals surface area contributed by atoms with Crippen molar-refractivity contribution in [3.8, 4) is 0 Å². The highest BCUT2D eigenvalue weighted by Crippen LogP contribution is 2.28. The Morgan fingerprint density at radius 1 is 0.312 bits per heavy atom. The molecule has 12 heteroatoms. The average molecular weight is 452 g/mol. The minimum absolute atomic E-state index is 0.0877. The first-order valence-electron chi connectivity index (χ1n) is 11.7. The van der Waals surface area contributed by atoms with Crippen LogP contribution in [0.5, 0.6) is 0 Å². The van der Waals surface area contributed by atoms with Crippen molar-refractivity contribution < 1.29 is 37.2 Å². The van der Waals surface area contributed by atoms with Crippen molar-refractivity contribution in [3.05, 3.63) is 0 Å². The van der Waals surface area contributed by atoms with Gasteiger partial charge >= 0.3 is 28.0 Å². The van der Waals surface area contributed by atoms with Crippen LogP contribution in [0.4, 0.5) is 0 Å². The molecule has 0 radical (unpaired) electrons. The number of rotatable bonds is 2. The molecule has 0 aliphatic carbocycles. The Balaban J connectivity index is 0.000000181. The molecular weight excluding hydrogens is 411 g/mol. The molecule has 0 saturated carbocycles. The zero-order valence-corrected chi connectivity index (χ0v) is 21.2. The molecule has 0 spiro atoms. The molecule has 0 N–H and O–H groups in total. The van der Waals surface area contributed by atoms with E-state index in [-0.39, 0.29) is 49.7 Å². The molecule has 4 saturated heterocycles. The van der Waals surface area contributed by atoms with E-state index in [9.17, 15) is 0 Å². The topological polar surface area (TPSA) is 73.8 Å². The van der Waals surface area contributed by atoms with Gasteiger partial charge in [0.2, 0.25) is 0 Å². The molecule has 0 atom stereocenters. The lowest BCUT2D eigenvalue weighted by Gasteiger charge is -2.38. The van der Waals surface area contributed by atoms with Crippen LogP contribution < -0.4 is 0 Å². The Hall–Kier alpha value is -0.0603. The summed E-state index contributed by atoms with van der Waals surface area (Å²) in [5.41, 5.74) is 0.351. The molecule has 0 bridgehead atoms. The smallest absolute Gasteiger partial charge is 0.413 e. The molecule has 4 aliphatic heterocycles. The van der Waals surface area contributed by atoms with E-state index in [0.29, 0.717) is 52.9 Å². The Labute approximate surface area is 195 Å². The van der Waals surface area contributed by atoms with Crippen molar-refractivity contribution in [2.75, 3.05) is 52.9 Å². The van der Waals surface area contributed by atoms with Crippen LogP contribution in [0.3, 0.4) is 0 Å². The summed E-state index contributed by atoms with van der Waals surface area (Å²) < 4.78 is 45.0. The van der Waals surface area contributed by atoms with E-state index in [0.717, 1.165) is 0 Å². The molecular formula is C20H40B4O8. The molecule has 4 fully saturated rings. The maximum absolute atomic E-state index is 5.63. The molecule has 0 aromatic rings. The Morgan fingerprint density at radius 3 is 0.562 bits per heavy atom. The normalized spacial score (nSPS) is 29.2. The molecule has 0 unspecified atom stereocenters. The largest absolute Gasteiger partial charge is 0.488 e. The van der Waals surface area contributed by atoms with Crippen LogP contribution in [0.25, 0.3) is 0 Å². The zero-order chi connectivity index (χ0) is 23.6. The number of hydrogen-bond donors (Lipinski definition) is 0. The summed E-state index contributed by atoms with van der Waals surface area (Å²) in [6.07, 6.45) is 0. The monoisotopic (exact) mass is 452 g/mol. The minimum atomic E-state index is -0.371. The van der Waals surface area contributed by atoms with Gasteiger partial charge in [0, 0.05) is 74.5 Å². The third-order valence-corrected chi connectivity index (χ3v) is 5.55. The Kier molecular flexibility index (Phi) is 8.53. The van der Waals surface area contributed by atoms with Gasteiger partial charge in [0.25, 0.3) is 0 Å². The maximum atomic E-state index is 5.63. The van der Waals surface area contributed by atoms with Gasteiger partial charge in [0.05, 0.1) is 0 Å². The van der Waals surface area contributed by atoms with Crippen LogP contribution in [0.1, 0.15) is 55.4 Å². The average Bonchev–Trinajstić information content (AvgIpc) is 2.69. The van der Waals surface area contributed by atoms with Gasteiger partial charge in [0.1, 0.15) is 0 Å². The van der Waals surface area contributed by atoms with Crippen LogP contribution in [-0.2, 0) is 37.2 Å². The third-order valence-electron chi connectivity index (χ3n) is 5.55. The fourth-order valence-corrected chi connectivity index (χ4v) is 3.45. The highest BCUT2D eigenvalue weighted by molar-refractivity contribution is 7.11. The van der Waals surface area contributed by atoms with Crippen molar-refractivity contribution in [3.63, 3.8) is 0 Å². The SMILES string of the molecule is CC1(C)COB(B2OCC(C)(C)CO2)OC1.CC1(C)COB(B2OCC(C)(C)CO2)OC1. The summed E-state index contributed by atoms with van der Waals surface area (Å²) in [7, 11) is -1.48. The number of hydrogen-bond acceptors (Lipinski definition) is 8. The van der Waals surface area contributed by atoms with Gasteiger partial charge in [-0.15, -0.1) is 0 Å². The Morgan fingerprint density at radius 2 is 0.438 bits per heavy atom. The molecule has 0 aromatic carbocycles. The summed E-state index contributed by atoms with van der Waals surface area (Å²) >= 11 is 0.